The van der Waals surface area contributed by atoms with Crippen molar-refractivity contribution in [3.05, 3.63) is 17.7 Å². The standard InChI is InChI=1S/C10H9N3O3/c1-5(2)6-3-4-7-8-9(6)15-10(14)16-13(7)12-11-8/h3-5H,1-2H3. The van der Waals surface area contributed by atoms with Crippen LogP contribution in [0.15, 0.2) is 12.1 Å². The van der Waals surface area contributed by atoms with Crippen LogP contribution in [0.25, 0.3) is 11.0 Å². The fourth-order valence-corrected chi connectivity index (χ4v) is 1.76. The fraction of sp³-hybridized carbons (Fsp3) is 0.300. The Balaban J connectivity index is 2.37. The van der Waals surface area contributed by atoms with E-state index in [9.17, 15) is 4.79 Å². The normalized spacial score (nSPS) is 14.1. The molecule has 0 fully saturated rings. The molecule has 1 aliphatic heterocycles. The Kier molecular flexibility index (Phi) is 1.68. The van der Waals surface area contributed by atoms with Gasteiger partial charge in [-0.05, 0) is 17.2 Å². The van der Waals surface area contributed by atoms with Crippen molar-refractivity contribution in [1.82, 2.24) is 15.2 Å². The predicted octanol–water partition coefficient (Wildman–Crippen LogP) is 1.50. The summed E-state index contributed by atoms with van der Waals surface area (Å²) in [4.78, 5) is 17.2. The molecule has 4 bridgehead atoms. The molecule has 0 unspecified atom stereocenters. The molecule has 1 aliphatic rings. The van der Waals surface area contributed by atoms with Gasteiger partial charge in [0.1, 0.15) is 5.52 Å². The van der Waals surface area contributed by atoms with Crippen molar-refractivity contribution in [2.45, 2.75) is 19.8 Å². The summed E-state index contributed by atoms with van der Waals surface area (Å²) in [5.74, 6) is 0.678. The summed E-state index contributed by atoms with van der Waals surface area (Å²) >= 11 is 0. The maximum absolute atomic E-state index is 11.3. The van der Waals surface area contributed by atoms with Gasteiger partial charge in [-0.3, -0.25) is 4.84 Å². The van der Waals surface area contributed by atoms with Crippen LogP contribution in [-0.2, 0) is 0 Å². The van der Waals surface area contributed by atoms with E-state index in [1.807, 2.05) is 26.0 Å². The molecule has 3 rings (SSSR count). The number of benzene rings is 1. The van der Waals surface area contributed by atoms with Crippen LogP contribution < -0.4 is 9.57 Å². The molecular formula is C10H9N3O3. The Labute approximate surface area is 90.7 Å². The molecular weight excluding hydrogens is 210 g/mol. The van der Waals surface area contributed by atoms with Crippen LogP contribution in [-0.4, -0.2) is 21.3 Å². The van der Waals surface area contributed by atoms with Crippen LogP contribution in [0.3, 0.4) is 0 Å². The van der Waals surface area contributed by atoms with Crippen molar-refractivity contribution in [3.63, 3.8) is 0 Å². The van der Waals surface area contributed by atoms with E-state index in [1.54, 1.807) is 0 Å². The van der Waals surface area contributed by atoms with Crippen LogP contribution >= 0.6 is 0 Å². The summed E-state index contributed by atoms with van der Waals surface area (Å²) in [6.45, 7) is 4.03. The number of hydrogen-bond donors (Lipinski definition) is 0. The molecule has 6 heteroatoms. The van der Waals surface area contributed by atoms with E-state index in [2.05, 4.69) is 10.3 Å². The highest BCUT2D eigenvalue weighted by atomic mass is 16.8. The van der Waals surface area contributed by atoms with E-state index in [1.165, 1.54) is 0 Å². The topological polar surface area (TPSA) is 66.2 Å². The lowest BCUT2D eigenvalue weighted by molar-refractivity contribution is 0.0782. The largest absolute Gasteiger partial charge is 0.540 e. The molecule has 16 heavy (non-hydrogen) atoms. The lowest BCUT2D eigenvalue weighted by Crippen LogP contribution is -2.23. The lowest BCUT2D eigenvalue weighted by Gasteiger charge is -2.09. The Morgan fingerprint density at radius 2 is 2.19 bits per heavy atom. The third-order valence-electron chi connectivity index (χ3n) is 2.54. The second-order valence-electron chi connectivity index (χ2n) is 3.91. The van der Waals surface area contributed by atoms with E-state index in [4.69, 9.17) is 9.57 Å². The smallest absolute Gasteiger partial charge is 0.391 e. The molecule has 0 spiro atoms. The van der Waals surface area contributed by atoms with Crippen molar-refractivity contribution in [3.8, 4) is 5.75 Å². The molecule has 0 saturated carbocycles. The van der Waals surface area contributed by atoms with Gasteiger partial charge in [0, 0.05) is 5.56 Å². The molecule has 2 heterocycles. The molecule has 0 atom stereocenters. The molecule has 0 aliphatic carbocycles. The number of ether oxygens (including phenoxy) is 1. The highest BCUT2D eigenvalue weighted by Crippen LogP contribution is 2.34. The van der Waals surface area contributed by atoms with E-state index >= 15 is 0 Å². The zero-order chi connectivity index (χ0) is 11.3. The van der Waals surface area contributed by atoms with Gasteiger partial charge >= 0.3 is 6.16 Å². The van der Waals surface area contributed by atoms with Crippen LogP contribution in [0.2, 0.25) is 0 Å². The van der Waals surface area contributed by atoms with Crippen molar-refractivity contribution in [2.75, 3.05) is 0 Å². The lowest BCUT2D eigenvalue weighted by atomic mass is 10.0. The first-order valence-corrected chi connectivity index (χ1v) is 4.95. The fourth-order valence-electron chi connectivity index (χ4n) is 1.76. The molecule has 1 aromatic carbocycles. The molecule has 0 N–H and O–H groups in total. The van der Waals surface area contributed by atoms with E-state index in [-0.39, 0.29) is 5.92 Å². The van der Waals surface area contributed by atoms with Gasteiger partial charge in [0.05, 0.1) is 0 Å². The minimum absolute atomic E-state index is 0.232. The van der Waals surface area contributed by atoms with E-state index in [0.717, 1.165) is 10.4 Å². The maximum Gasteiger partial charge on any atom is 0.540 e. The molecule has 1 aromatic heterocycles. The molecule has 0 amide bonds. The molecule has 0 radical (unpaired) electrons. The molecule has 6 nitrogen and oxygen atoms in total. The van der Waals surface area contributed by atoms with Gasteiger partial charge in [-0.1, -0.05) is 24.8 Å². The average molecular weight is 219 g/mol. The first-order valence-electron chi connectivity index (χ1n) is 4.95. The number of nitrogens with zero attached hydrogens (tertiary/aromatic N) is 3. The van der Waals surface area contributed by atoms with Crippen molar-refractivity contribution >= 4 is 17.2 Å². The molecule has 82 valence electrons. The number of rotatable bonds is 1. The van der Waals surface area contributed by atoms with Gasteiger partial charge < -0.3 is 4.74 Å². The number of hydrogen-bond acceptors (Lipinski definition) is 5. The summed E-state index contributed by atoms with van der Waals surface area (Å²) in [5, 5.41) is 7.65. The van der Waals surface area contributed by atoms with Gasteiger partial charge in [0.25, 0.3) is 0 Å². The summed E-state index contributed by atoms with van der Waals surface area (Å²) < 4.78 is 5.10. The first kappa shape index (κ1) is 9.14. The number of carbonyl (C=O) groups excluding carboxylic acids is 1. The molecule has 2 aromatic rings. The Morgan fingerprint density at radius 1 is 1.38 bits per heavy atom. The van der Waals surface area contributed by atoms with Gasteiger partial charge in [0.15, 0.2) is 11.3 Å². The minimum atomic E-state index is -0.789. The summed E-state index contributed by atoms with van der Waals surface area (Å²) in [6.07, 6.45) is -0.789. The number of aromatic nitrogens is 3. The summed E-state index contributed by atoms with van der Waals surface area (Å²) in [7, 11) is 0. The van der Waals surface area contributed by atoms with Crippen molar-refractivity contribution in [1.29, 1.82) is 0 Å². The average Bonchev–Trinajstić information content (AvgIpc) is 2.56. The third-order valence-corrected chi connectivity index (χ3v) is 2.54. The SMILES string of the molecule is CC(C)c1ccc2c3nnn2OC(=O)Oc13. The third kappa shape index (κ3) is 1.09. The Hall–Kier alpha value is -2.11. The predicted molar refractivity (Wildman–Crippen MR) is 54.2 cm³/mol. The summed E-state index contributed by atoms with van der Waals surface area (Å²) in [5.41, 5.74) is 2.10. The van der Waals surface area contributed by atoms with Crippen LogP contribution in [0.1, 0.15) is 25.3 Å². The number of carbonyl (C=O) groups is 1. The van der Waals surface area contributed by atoms with Crippen molar-refractivity contribution in [2.24, 2.45) is 0 Å². The van der Waals surface area contributed by atoms with Gasteiger partial charge in [-0.15, -0.1) is 5.10 Å². The van der Waals surface area contributed by atoms with E-state index in [0.29, 0.717) is 16.8 Å². The van der Waals surface area contributed by atoms with Crippen LogP contribution in [0, 0.1) is 0 Å². The van der Waals surface area contributed by atoms with Gasteiger partial charge in [0.2, 0.25) is 0 Å². The van der Waals surface area contributed by atoms with Crippen LogP contribution in [0.4, 0.5) is 4.79 Å². The van der Waals surface area contributed by atoms with Crippen molar-refractivity contribution < 1.29 is 14.4 Å². The minimum Gasteiger partial charge on any atom is -0.391 e. The quantitative estimate of drug-likeness (QED) is 0.413. The molecule has 0 saturated heterocycles. The highest BCUT2D eigenvalue weighted by Gasteiger charge is 2.25. The zero-order valence-electron chi connectivity index (χ0n) is 8.80. The first-order chi connectivity index (χ1) is 7.66. The Morgan fingerprint density at radius 3 is 2.94 bits per heavy atom. The highest BCUT2D eigenvalue weighted by molar-refractivity contribution is 5.87. The van der Waals surface area contributed by atoms with Gasteiger partial charge in [-0.2, -0.15) is 0 Å². The second-order valence-corrected chi connectivity index (χ2v) is 3.91. The Bertz CT molecular complexity index is 588. The van der Waals surface area contributed by atoms with Crippen LogP contribution in [0.5, 0.6) is 5.75 Å². The maximum atomic E-state index is 11.3. The monoisotopic (exact) mass is 219 g/mol. The second kappa shape index (κ2) is 2.94. The zero-order valence-corrected chi connectivity index (χ0v) is 8.80. The van der Waals surface area contributed by atoms with E-state index < -0.39 is 6.16 Å². The summed E-state index contributed by atoms with van der Waals surface area (Å²) in [6, 6.07) is 3.71. The van der Waals surface area contributed by atoms with Gasteiger partial charge in [-0.25, -0.2) is 4.79 Å².